The zero-order valence-corrected chi connectivity index (χ0v) is 5.61. The van der Waals surface area contributed by atoms with E-state index in [9.17, 15) is 9.59 Å². The Morgan fingerprint density at radius 1 is 1.33 bits per heavy atom. The molecule has 0 aromatic carbocycles. The van der Waals surface area contributed by atoms with E-state index in [2.05, 4.69) is 0 Å². The summed E-state index contributed by atoms with van der Waals surface area (Å²) < 4.78 is 0. The molecule has 0 radical (unpaired) electrons. The first-order chi connectivity index (χ1) is 3.89. The molecule has 0 atom stereocenters. The van der Waals surface area contributed by atoms with Crippen molar-refractivity contribution in [3.05, 3.63) is 0 Å². The molecule has 0 aliphatic carbocycles. The van der Waals surface area contributed by atoms with Crippen LogP contribution in [-0.4, -0.2) is 16.7 Å². The number of rotatable bonds is 2. The molecule has 0 bridgehead atoms. The van der Waals surface area contributed by atoms with Crippen molar-refractivity contribution in [3.63, 3.8) is 0 Å². The topological polar surface area (TPSA) is 86.2 Å². The molecule has 0 spiro atoms. The molecule has 0 fully saturated rings. The minimum atomic E-state index is -1.75. The van der Waals surface area contributed by atoms with Crippen LogP contribution in [0.15, 0.2) is 0 Å². The van der Waals surface area contributed by atoms with Crippen LogP contribution in [0.4, 0.5) is 0 Å². The molecule has 4 N–H and O–H groups in total. The van der Waals surface area contributed by atoms with Crippen LogP contribution in [0.5, 0.6) is 0 Å². The first-order valence-corrected chi connectivity index (χ1v) is 2.55. The van der Waals surface area contributed by atoms with Crippen molar-refractivity contribution in [1.29, 1.82) is 0 Å². The van der Waals surface area contributed by atoms with Crippen LogP contribution in [0.25, 0.3) is 0 Å². The van der Waals surface area contributed by atoms with Crippen LogP contribution in [-0.2, 0) is 9.59 Å². The average molecular weight is 151 g/mol. The lowest BCUT2D eigenvalue weighted by molar-refractivity contribution is -0.129. The summed E-state index contributed by atoms with van der Waals surface area (Å²) in [4.78, 5) is 18.8. The van der Waals surface area contributed by atoms with Crippen LogP contribution in [0.1, 0.15) is 6.92 Å². The van der Waals surface area contributed by atoms with E-state index in [1.165, 1.54) is 0 Å². The van der Waals surface area contributed by atoms with E-state index < -0.39 is 16.7 Å². The quantitative estimate of drug-likeness (QED) is 0.389. The predicted molar refractivity (Wildman–Crippen MR) is 32.6 cm³/mol. The van der Waals surface area contributed by atoms with Crippen molar-refractivity contribution in [2.45, 2.75) is 11.8 Å². The number of amides is 2. The third kappa shape index (κ3) is 1.57. The lowest BCUT2D eigenvalue weighted by Crippen LogP contribution is -2.47. The second-order valence-electron chi connectivity index (χ2n) is 1.73. The fraction of sp³-hybridized carbons (Fsp3) is 0.500. The Hall–Kier alpha value is -0.770. The summed E-state index contributed by atoms with van der Waals surface area (Å²) in [7, 11) is 0. The minimum absolute atomic E-state index is 0.934. The standard InChI is InChI=1S/C4H7ClN2O2/c1-4(5,2(6)8)3(7)9/h1H3,(H2,6,8)(H2,7,9). The molecular weight excluding hydrogens is 144 g/mol. The molecule has 0 aliphatic heterocycles. The summed E-state index contributed by atoms with van der Waals surface area (Å²) >= 11 is 5.26. The monoisotopic (exact) mass is 150 g/mol. The zero-order chi connectivity index (χ0) is 7.65. The molecule has 0 heterocycles. The van der Waals surface area contributed by atoms with E-state index in [-0.39, 0.29) is 0 Å². The first-order valence-electron chi connectivity index (χ1n) is 2.17. The van der Waals surface area contributed by atoms with Gasteiger partial charge in [0.15, 0.2) is 4.87 Å². The molecule has 52 valence electrons. The number of hydrogen-bond donors (Lipinski definition) is 2. The van der Waals surface area contributed by atoms with Gasteiger partial charge in [-0.3, -0.25) is 9.59 Å². The maximum Gasteiger partial charge on any atom is 0.247 e. The third-order valence-corrected chi connectivity index (χ3v) is 1.30. The maximum absolute atomic E-state index is 10.3. The largest absolute Gasteiger partial charge is 0.368 e. The van der Waals surface area contributed by atoms with E-state index in [0.717, 1.165) is 6.92 Å². The van der Waals surface area contributed by atoms with Gasteiger partial charge in [0, 0.05) is 0 Å². The fourth-order valence-electron chi connectivity index (χ4n) is 0.121. The highest BCUT2D eigenvalue weighted by Gasteiger charge is 2.34. The normalized spacial score (nSPS) is 10.9. The number of halogens is 1. The third-order valence-electron chi connectivity index (χ3n) is 0.925. The Bertz CT molecular complexity index is 139. The van der Waals surface area contributed by atoms with E-state index in [1.54, 1.807) is 0 Å². The average Bonchev–Trinajstić information content (AvgIpc) is 1.65. The van der Waals surface area contributed by atoms with Gasteiger partial charge >= 0.3 is 0 Å². The molecule has 0 rings (SSSR count). The van der Waals surface area contributed by atoms with Gasteiger partial charge < -0.3 is 11.5 Å². The molecule has 0 aromatic rings. The number of hydrogen-bond acceptors (Lipinski definition) is 2. The second-order valence-corrected chi connectivity index (χ2v) is 2.49. The summed E-state index contributed by atoms with van der Waals surface area (Å²) in [6.07, 6.45) is 0. The van der Waals surface area contributed by atoms with Crippen LogP contribution >= 0.6 is 11.6 Å². The fourth-order valence-corrected chi connectivity index (χ4v) is 0.121. The highest BCUT2D eigenvalue weighted by molar-refractivity contribution is 6.45. The SMILES string of the molecule is CC(Cl)(C(N)=O)C(N)=O. The van der Waals surface area contributed by atoms with Gasteiger partial charge in [0.05, 0.1) is 0 Å². The number of primary amides is 2. The Balaban J connectivity index is 4.38. The van der Waals surface area contributed by atoms with Gasteiger partial charge in [0.1, 0.15) is 0 Å². The van der Waals surface area contributed by atoms with Crippen molar-refractivity contribution in [3.8, 4) is 0 Å². The molecule has 2 amide bonds. The summed E-state index contributed by atoms with van der Waals surface area (Å²) in [5.74, 6) is -1.87. The van der Waals surface area contributed by atoms with Crippen molar-refractivity contribution >= 4 is 23.4 Å². The Labute approximate surface area is 57.1 Å². The number of nitrogens with two attached hydrogens (primary N) is 2. The van der Waals surface area contributed by atoms with E-state index >= 15 is 0 Å². The van der Waals surface area contributed by atoms with Gasteiger partial charge in [-0.2, -0.15) is 0 Å². The van der Waals surface area contributed by atoms with Gasteiger partial charge in [-0.1, -0.05) is 11.6 Å². The molecule has 0 unspecified atom stereocenters. The van der Waals surface area contributed by atoms with Crippen molar-refractivity contribution in [2.24, 2.45) is 11.5 Å². The van der Waals surface area contributed by atoms with E-state index in [1.807, 2.05) is 0 Å². The minimum Gasteiger partial charge on any atom is -0.368 e. The van der Waals surface area contributed by atoms with E-state index in [4.69, 9.17) is 23.1 Å². The van der Waals surface area contributed by atoms with Gasteiger partial charge in [0.2, 0.25) is 11.8 Å². The van der Waals surface area contributed by atoms with Crippen LogP contribution in [0.2, 0.25) is 0 Å². The molecule has 5 heteroatoms. The zero-order valence-electron chi connectivity index (χ0n) is 4.85. The Morgan fingerprint density at radius 3 is 1.56 bits per heavy atom. The van der Waals surface area contributed by atoms with Gasteiger partial charge in [-0.05, 0) is 6.92 Å². The molecule has 0 saturated carbocycles. The highest BCUT2D eigenvalue weighted by Crippen LogP contribution is 2.11. The van der Waals surface area contributed by atoms with Gasteiger partial charge in [-0.25, -0.2) is 0 Å². The molecule has 0 aliphatic rings. The summed E-state index contributed by atoms with van der Waals surface area (Å²) in [6.45, 7) is 1.15. The number of carbonyl (C=O) groups excluding carboxylic acids is 2. The Kier molecular flexibility index (Phi) is 2.03. The van der Waals surface area contributed by atoms with E-state index in [0.29, 0.717) is 0 Å². The lowest BCUT2D eigenvalue weighted by Gasteiger charge is -2.11. The maximum atomic E-state index is 10.3. The van der Waals surface area contributed by atoms with Crippen LogP contribution in [0.3, 0.4) is 0 Å². The molecular formula is C4H7ClN2O2. The Morgan fingerprint density at radius 2 is 1.56 bits per heavy atom. The van der Waals surface area contributed by atoms with Crippen molar-refractivity contribution in [2.75, 3.05) is 0 Å². The van der Waals surface area contributed by atoms with Gasteiger partial charge in [-0.15, -0.1) is 0 Å². The molecule has 9 heavy (non-hydrogen) atoms. The molecule has 0 aromatic heterocycles. The lowest BCUT2D eigenvalue weighted by atomic mass is 10.1. The molecule has 4 nitrogen and oxygen atoms in total. The van der Waals surface area contributed by atoms with Crippen molar-refractivity contribution < 1.29 is 9.59 Å². The number of carbonyl (C=O) groups is 2. The molecule has 0 saturated heterocycles. The van der Waals surface area contributed by atoms with Crippen LogP contribution in [0, 0.1) is 0 Å². The van der Waals surface area contributed by atoms with Gasteiger partial charge in [0.25, 0.3) is 0 Å². The second kappa shape index (κ2) is 2.23. The summed E-state index contributed by atoms with van der Waals surface area (Å²) in [6, 6.07) is 0. The summed E-state index contributed by atoms with van der Waals surface area (Å²) in [5, 5.41) is 0. The predicted octanol–water partition coefficient (Wildman–Crippen LogP) is -1.05. The highest BCUT2D eigenvalue weighted by atomic mass is 35.5. The smallest absolute Gasteiger partial charge is 0.247 e. The van der Waals surface area contributed by atoms with Crippen molar-refractivity contribution in [1.82, 2.24) is 0 Å². The first kappa shape index (κ1) is 8.23. The number of alkyl halides is 1. The van der Waals surface area contributed by atoms with Crippen LogP contribution < -0.4 is 11.5 Å². The summed E-state index contributed by atoms with van der Waals surface area (Å²) in [5.41, 5.74) is 9.40.